The van der Waals surface area contributed by atoms with Crippen LogP contribution in [0.3, 0.4) is 0 Å². The quantitative estimate of drug-likeness (QED) is 0.162. The van der Waals surface area contributed by atoms with Crippen molar-refractivity contribution in [2.75, 3.05) is 0 Å². The van der Waals surface area contributed by atoms with E-state index in [0.29, 0.717) is 0 Å². The number of para-hydroxylation sites is 2. The molecule has 0 unspecified atom stereocenters. The van der Waals surface area contributed by atoms with Crippen molar-refractivity contribution in [3.8, 4) is 44.5 Å². The van der Waals surface area contributed by atoms with Gasteiger partial charge >= 0.3 is 0 Å². The molecule has 0 aliphatic carbocycles. The summed E-state index contributed by atoms with van der Waals surface area (Å²) in [7, 11) is -4.89. The highest BCUT2D eigenvalue weighted by atomic mass is 28.3. The molecule has 4 nitrogen and oxygen atoms in total. The molecule has 338 valence electrons. The van der Waals surface area contributed by atoms with Gasteiger partial charge in [-0.25, -0.2) is 0 Å². The zero-order valence-electron chi connectivity index (χ0n) is 40.0. The summed E-state index contributed by atoms with van der Waals surface area (Å²) in [6.07, 6.45) is 0. The summed E-state index contributed by atoms with van der Waals surface area (Å²) < 4.78 is 27.7. The molecule has 6 heteroatoms. The molecule has 2 aliphatic rings. The van der Waals surface area contributed by atoms with Gasteiger partial charge in [-0.2, -0.15) is 0 Å². The number of benzene rings is 11. The summed E-state index contributed by atoms with van der Waals surface area (Å²) in [6.45, 7) is 10.3. The molecule has 0 saturated heterocycles. The Kier molecular flexibility index (Phi) is 7.26. The van der Waals surface area contributed by atoms with E-state index in [-0.39, 0.29) is 0 Å². The minimum absolute atomic E-state index is 0.894. The molecule has 0 spiro atoms. The number of hydrogen-bond acceptors (Lipinski definition) is 4. The highest BCUT2D eigenvalue weighted by Crippen LogP contribution is 2.49. The van der Waals surface area contributed by atoms with Crippen LogP contribution in [0.5, 0.6) is 0 Å². The molecule has 0 N–H and O–H groups in total. The van der Waals surface area contributed by atoms with Gasteiger partial charge in [-0.05, 0) is 124 Å². The van der Waals surface area contributed by atoms with Crippen molar-refractivity contribution in [3.05, 3.63) is 182 Å². The molecule has 4 aromatic heterocycles. The van der Waals surface area contributed by atoms with E-state index >= 15 is 0 Å². The van der Waals surface area contributed by atoms with Crippen LogP contribution in [-0.2, 0) is 0 Å². The van der Waals surface area contributed by atoms with Crippen molar-refractivity contribution in [3.63, 3.8) is 0 Å². The van der Waals surface area contributed by atoms with Crippen LogP contribution in [0.1, 0.15) is 0 Å². The van der Waals surface area contributed by atoms with Crippen LogP contribution in [0.2, 0.25) is 26.2 Å². The van der Waals surface area contributed by atoms with Gasteiger partial charge in [0, 0.05) is 54.2 Å². The minimum atomic E-state index is -2.44. The molecule has 2 aliphatic heterocycles. The molecule has 0 atom stereocenters. The maximum absolute atomic E-state index is 7.14. The Balaban J connectivity index is 0.889. The van der Waals surface area contributed by atoms with Gasteiger partial charge in [0.05, 0.1) is 0 Å². The standard InChI is InChI=1S/C66H42O4Si2/c1-71(2)55-33-47(37-21-25-43-53(31-37)67-51-29-23-35-13-5-7-15-39(35)57(43)51)59-41-17-9-11-19-49(41)69-63(59)61(55)45-27-28-46-62-56(72(3,4)66(46)65(45)71)34-48(60-42-18-10-12-20-50(42)70-64(60)62)38-22-26-44-54(32-38)68-52-30-24-36-14-6-8-16-40(36)58(44)52/h5-34H,1-4H3. The van der Waals surface area contributed by atoms with Gasteiger partial charge in [0.1, 0.15) is 60.8 Å². The fourth-order valence-corrected chi connectivity index (χ4v) is 22.2. The van der Waals surface area contributed by atoms with Gasteiger partial charge in [-0.1, -0.05) is 160 Å². The Labute approximate surface area is 414 Å². The average Bonchev–Trinajstić information content (AvgIpc) is 4.25. The lowest BCUT2D eigenvalue weighted by Gasteiger charge is -2.28. The maximum Gasteiger partial charge on any atom is 0.143 e. The minimum Gasteiger partial charge on any atom is -0.456 e. The lowest BCUT2D eigenvalue weighted by Crippen LogP contribution is -2.63. The largest absolute Gasteiger partial charge is 0.456 e. The van der Waals surface area contributed by atoms with E-state index in [4.69, 9.17) is 17.7 Å². The molecule has 0 fully saturated rings. The van der Waals surface area contributed by atoms with Crippen molar-refractivity contribution in [2.24, 2.45) is 0 Å². The Morgan fingerprint density at radius 3 is 1.15 bits per heavy atom. The van der Waals surface area contributed by atoms with Crippen molar-refractivity contribution in [1.29, 1.82) is 0 Å². The van der Waals surface area contributed by atoms with Crippen LogP contribution in [-0.4, -0.2) is 16.1 Å². The fraction of sp³-hybridized carbons (Fsp3) is 0.0606. The predicted molar refractivity (Wildman–Crippen MR) is 306 cm³/mol. The SMILES string of the molecule is C[Si]1(C)c2cc(-c3ccc4c(c3)oc3ccc5ccccc5c34)c3c(oc4ccccc43)c2-c2ccc3c(c21)[Si](C)(C)c1cc(-c2ccc4c(c2)oc2ccc5ccccc5c24)c2c(oc4ccccc42)c1-3. The van der Waals surface area contributed by atoms with Gasteiger partial charge in [-0.15, -0.1) is 0 Å². The maximum atomic E-state index is 7.14. The van der Waals surface area contributed by atoms with Crippen LogP contribution in [0.4, 0.5) is 0 Å². The summed E-state index contributed by atoms with van der Waals surface area (Å²) in [5.74, 6) is 0. The van der Waals surface area contributed by atoms with E-state index in [9.17, 15) is 0 Å². The van der Waals surface area contributed by atoms with Crippen molar-refractivity contribution < 1.29 is 17.7 Å². The average molecular weight is 955 g/mol. The van der Waals surface area contributed by atoms with Crippen molar-refractivity contribution in [2.45, 2.75) is 26.2 Å². The highest BCUT2D eigenvalue weighted by molar-refractivity contribution is 7.13. The molecule has 0 amide bonds. The second-order valence-corrected chi connectivity index (χ2v) is 30.0. The zero-order valence-corrected chi connectivity index (χ0v) is 42.0. The molecule has 6 heterocycles. The van der Waals surface area contributed by atoms with Gasteiger partial charge in [0.15, 0.2) is 0 Å². The van der Waals surface area contributed by atoms with Crippen LogP contribution in [0, 0.1) is 0 Å². The molecule has 15 aromatic rings. The molecule has 17 rings (SSSR count). The zero-order chi connectivity index (χ0) is 47.5. The van der Waals surface area contributed by atoms with Gasteiger partial charge in [0.25, 0.3) is 0 Å². The molecule has 0 radical (unpaired) electrons. The Hall–Kier alpha value is -8.43. The molecule has 72 heavy (non-hydrogen) atoms. The second-order valence-electron chi connectivity index (χ2n) is 21.4. The number of fused-ring (bicyclic) bond motifs is 25. The summed E-state index contributed by atoms with van der Waals surface area (Å²) >= 11 is 0. The highest BCUT2D eigenvalue weighted by Gasteiger charge is 2.50. The first-order chi connectivity index (χ1) is 35.2. The van der Waals surface area contributed by atoms with Crippen LogP contribution in [0.25, 0.3) is 154 Å². The lowest BCUT2D eigenvalue weighted by atomic mass is 9.92. The first-order valence-electron chi connectivity index (χ1n) is 25.1. The molecule has 0 bridgehead atoms. The third-order valence-corrected chi connectivity index (χ3v) is 24.3. The van der Waals surface area contributed by atoms with E-state index in [2.05, 4.69) is 208 Å². The van der Waals surface area contributed by atoms with Gasteiger partial charge in [-0.3, -0.25) is 0 Å². The Bertz CT molecular complexity index is 4680. The third-order valence-electron chi connectivity index (χ3n) is 17.0. The normalized spacial score (nSPS) is 14.6. The van der Waals surface area contributed by atoms with E-state index in [1.165, 1.54) is 76.1 Å². The smallest absolute Gasteiger partial charge is 0.143 e. The van der Waals surface area contributed by atoms with Gasteiger partial charge < -0.3 is 17.7 Å². The van der Waals surface area contributed by atoms with Crippen molar-refractivity contribution in [1.82, 2.24) is 0 Å². The Morgan fingerprint density at radius 2 is 0.694 bits per heavy atom. The summed E-state index contributed by atoms with van der Waals surface area (Å²) in [6, 6.07) is 66.5. The predicted octanol–water partition coefficient (Wildman–Crippen LogP) is 16.5. The van der Waals surface area contributed by atoms with E-state index < -0.39 is 16.1 Å². The topological polar surface area (TPSA) is 52.6 Å². The number of furan rings is 4. The van der Waals surface area contributed by atoms with Crippen LogP contribution >= 0.6 is 0 Å². The van der Waals surface area contributed by atoms with E-state index in [1.807, 2.05) is 0 Å². The van der Waals surface area contributed by atoms with Gasteiger partial charge in [0.2, 0.25) is 0 Å². The summed E-state index contributed by atoms with van der Waals surface area (Å²) in [5.41, 5.74) is 17.2. The third kappa shape index (κ3) is 4.82. The number of rotatable bonds is 2. The Morgan fingerprint density at radius 1 is 0.292 bits per heavy atom. The van der Waals surface area contributed by atoms with Crippen LogP contribution < -0.4 is 20.7 Å². The first-order valence-corrected chi connectivity index (χ1v) is 31.1. The van der Waals surface area contributed by atoms with E-state index in [1.54, 1.807) is 10.4 Å². The molecule has 0 saturated carbocycles. The van der Waals surface area contributed by atoms with Crippen molar-refractivity contribution >= 4 is 146 Å². The summed E-state index contributed by atoms with van der Waals surface area (Å²) in [4.78, 5) is 0. The molecular weight excluding hydrogens is 913 g/mol. The number of hydrogen-bond donors (Lipinski definition) is 0. The molecular formula is C66H42O4Si2. The second kappa shape index (κ2) is 13.3. The first kappa shape index (κ1) is 39.3. The lowest BCUT2D eigenvalue weighted by molar-refractivity contribution is 0.669. The summed E-state index contributed by atoms with van der Waals surface area (Å²) in [5, 5.41) is 20.0. The van der Waals surface area contributed by atoms with Crippen LogP contribution in [0.15, 0.2) is 200 Å². The fourth-order valence-electron chi connectivity index (χ4n) is 13.8. The molecule has 11 aromatic carbocycles. The monoisotopic (exact) mass is 954 g/mol. The van der Waals surface area contributed by atoms with E-state index in [0.717, 1.165) is 88.1 Å².